The number of nitrogens with one attached hydrogen (secondary N) is 1. The van der Waals surface area contributed by atoms with Crippen LogP contribution in [0.4, 0.5) is 11.4 Å². The van der Waals surface area contributed by atoms with Gasteiger partial charge in [-0.25, -0.2) is 0 Å². The predicted molar refractivity (Wildman–Crippen MR) is 101 cm³/mol. The Balaban J connectivity index is -0.00000110. The Bertz CT molecular complexity index is 549. The molecule has 2 rings (SSSR count). The van der Waals surface area contributed by atoms with Crippen LogP contribution >= 0.6 is 9.90 Å². The molecule has 2 N–H and O–H groups in total. The molecule has 1 atom stereocenters. The number of rotatable bonds is 4. The zero-order valence-electron chi connectivity index (χ0n) is 14.5. The molecule has 0 saturated heterocycles. The summed E-state index contributed by atoms with van der Waals surface area (Å²) in [5, 5.41) is 8.30. The van der Waals surface area contributed by atoms with Crippen LogP contribution < -0.4 is 9.80 Å². The minimum atomic E-state index is 0. The summed E-state index contributed by atoms with van der Waals surface area (Å²) in [5.41, 5.74) is 4.72. The van der Waals surface area contributed by atoms with E-state index in [0.29, 0.717) is 5.71 Å². The van der Waals surface area contributed by atoms with Crippen molar-refractivity contribution in [1.82, 2.24) is 0 Å². The van der Waals surface area contributed by atoms with Gasteiger partial charge < -0.3 is 20.8 Å². The van der Waals surface area contributed by atoms with Crippen molar-refractivity contribution in [3.8, 4) is 0 Å². The van der Waals surface area contributed by atoms with Crippen molar-refractivity contribution < 1.29 is 32.0 Å². The molecule has 24 heavy (non-hydrogen) atoms. The van der Waals surface area contributed by atoms with E-state index in [1.165, 1.54) is 0 Å². The van der Waals surface area contributed by atoms with Crippen LogP contribution in [0.15, 0.2) is 48.5 Å². The molecule has 7 heteroatoms. The third kappa shape index (κ3) is 6.70. The van der Waals surface area contributed by atoms with E-state index in [0.717, 1.165) is 22.5 Å². The Hall–Kier alpha value is -1.25. The maximum absolute atomic E-state index is 8.30. The van der Waals surface area contributed by atoms with Gasteiger partial charge >= 0.3 is 0 Å². The van der Waals surface area contributed by atoms with Crippen molar-refractivity contribution >= 4 is 27.0 Å². The number of anilines is 2. The molecule has 0 aliphatic rings. The van der Waals surface area contributed by atoms with Crippen molar-refractivity contribution in [2.24, 2.45) is 0 Å². The maximum atomic E-state index is 8.30. The number of hydrogen-bond acceptors (Lipinski definition) is 4. The average molecular weight is 430 g/mol. The zero-order chi connectivity index (χ0) is 14.7. The van der Waals surface area contributed by atoms with Crippen molar-refractivity contribution in [2.75, 3.05) is 38.0 Å². The van der Waals surface area contributed by atoms with Crippen LogP contribution in [0.25, 0.3) is 0 Å². The van der Waals surface area contributed by atoms with E-state index in [1.807, 2.05) is 76.7 Å². The van der Waals surface area contributed by atoms with Crippen molar-refractivity contribution in [2.45, 2.75) is 0 Å². The van der Waals surface area contributed by atoms with E-state index in [1.54, 1.807) is 0 Å². The van der Waals surface area contributed by atoms with Gasteiger partial charge in [0.2, 0.25) is 0 Å². The normalized spacial score (nSPS) is 8.50. The smallest absolute Gasteiger partial charge is 0.0684 e. The number of nitrogens with zero attached hydrogens (tertiary/aromatic N) is 2. The molecule has 0 aromatic heterocycles. The summed E-state index contributed by atoms with van der Waals surface area (Å²) >= 11 is 0. The summed E-state index contributed by atoms with van der Waals surface area (Å²) in [4.78, 5) is 4.11. The second kappa shape index (κ2) is 12.2. The summed E-state index contributed by atoms with van der Waals surface area (Å²) < 4.78 is 0. The van der Waals surface area contributed by atoms with Crippen LogP contribution in [-0.4, -0.2) is 39.4 Å². The minimum absolute atomic E-state index is 0. The van der Waals surface area contributed by atoms with Gasteiger partial charge in [0.1, 0.15) is 0 Å². The Labute approximate surface area is 162 Å². The summed E-state index contributed by atoms with van der Waals surface area (Å²) in [6, 6.07) is 16.1. The molecule has 2 aromatic carbocycles. The average Bonchev–Trinajstić information content (AvgIpc) is 2.46. The Kier molecular flexibility index (Phi) is 14.0. The molecule has 0 heterocycles. The minimum Gasteiger partial charge on any atom is -2.00 e. The fraction of sp³-hybridized carbons (Fsp3) is 0.235. The zero-order valence-corrected chi connectivity index (χ0v) is 17.9. The molecule has 0 fully saturated rings. The van der Waals surface area contributed by atoms with Gasteiger partial charge in [-0.2, -0.15) is 9.90 Å². The Morgan fingerprint density at radius 3 is 1.17 bits per heavy atom. The predicted octanol–water partition coefficient (Wildman–Crippen LogP) is 2.99. The van der Waals surface area contributed by atoms with Gasteiger partial charge in [0, 0.05) is 71.8 Å². The monoisotopic (exact) mass is 432 g/mol. The van der Waals surface area contributed by atoms with E-state index in [9.17, 15) is 0 Å². The van der Waals surface area contributed by atoms with Crippen LogP contribution in [0.3, 0.4) is 0 Å². The molecule has 0 amide bonds. The molecule has 0 bridgehead atoms. The molecule has 0 saturated carbocycles. The van der Waals surface area contributed by atoms with Crippen molar-refractivity contribution in [3.63, 3.8) is 0 Å². The molecule has 134 valence electrons. The molecule has 0 radical (unpaired) electrons. The largest absolute Gasteiger partial charge is 2.00 e. The molecule has 0 spiro atoms. The first-order valence-corrected chi connectivity index (χ1v) is 6.63. The third-order valence-corrected chi connectivity index (χ3v) is 3.34. The first-order chi connectivity index (χ1) is 9.49. The van der Waals surface area contributed by atoms with Gasteiger partial charge in [-0.3, -0.25) is 5.41 Å². The van der Waals surface area contributed by atoms with Gasteiger partial charge in [0.15, 0.2) is 0 Å². The van der Waals surface area contributed by atoms with Crippen LogP contribution in [0.2, 0.25) is 0 Å². The van der Waals surface area contributed by atoms with Gasteiger partial charge in [-0.1, -0.05) is 24.3 Å². The van der Waals surface area contributed by atoms with E-state index in [4.69, 9.17) is 5.41 Å². The van der Waals surface area contributed by atoms with E-state index >= 15 is 0 Å². The summed E-state index contributed by atoms with van der Waals surface area (Å²) in [7, 11) is 8.06. The van der Waals surface area contributed by atoms with Crippen molar-refractivity contribution in [3.05, 3.63) is 59.7 Å². The Morgan fingerprint density at radius 1 is 0.708 bits per heavy atom. The van der Waals surface area contributed by atoms with Gasteiger partial charge in [-0.05, 0) is 24.3 Å². The maximum Gasteiger partial charge on any atom is 0.0684 e. The molecule has 1 unspecified atom stereocenters. The van der Waals surface area contributed by atoms with Crippen LogP contribution in [-0.2, 0) is 26.5 Å². The van der Waals surface area contributed by atoms with Crippen LogP contribution in [0.1, 0.15) is 11.1 Å². The first kappa shape index (κ1) is 27.6. The third-order valence-electron chi connectivity index (χ3n) is 3.34. The van der Waals surface area contributed by atoms with E-state index < -0.39 is 0 Å². The number of benzene rings is 2. The molecule has 5 nitrogen and oxygen atoms in total. The SMILES string of the molecule is CN(C)c1ccc(C(=N)c2ccc(N(C)C)cc2)cc1.P.[Mo].[O-2].[OH-]. The number of hydrogen-bond donors (Lipinski definition) is 1. The van der Waals surface area contributed by atoms with Gasteiger partial charge in [0.25, 0.3) is 0 Å². The summed E-state index contributed by atoms with van der Waals surface area (Å²) in [5.74, 6) is 0. The second-order valence-corrected chi connectivity index (χ2v) is 5.26. The van der Waals surface area contributed by atoms with Crippen LogP contribution in [0, 0.1) is 5.41 Å². The topological polar surface area (TPSA) is 88.8 Å². The first-order valence-electron chi connectivity index (χ1n) is 6.63. The van der Waals surface area contributed by atoms with Crippen LogP contribution in [0.5, 0.6) is 0 Å². The molecule has 0 aliphatic heterocycles. The standard InChI is InChI=1S/C17H21N3.Mo.H2O.O.H3P/c1-19(2)15-9-5-13(6-10-15)17(18)14-7-11-16(12-8-14)20(3)4;;;;/h5-12,18H,1-4H3;;1H2;;1H3/q;;;-2;/p-1. The van der Waals surface area contributed by atoms with Gasteiger partial charge in [-0.15, -0.1) is 0 Å². The summed E-state index contributed by atoms with van der Waals surface area (Å²) in [6.45, 7) is 0. The Morgan fingerprint density at radius 2 is 0.958 bits per heavy atom. The molecular formula is C17H25MoN3O2P-3. The fourth-order valence-electron chi connectivity index (χ4n) is 2.02. The van der Waals surface area contributed by atoms with Gasteiger partial charge in [0.05, 0.1) is 5.71 Å². The van der Waals surface area contributed by atoms with E-state index in [2.05, 4.69) is 9.80 Å². The fourth-order valence-corrected chi connectivity index (χ4v) is 2.02. The molecule has 0 aliphatic carbocycles. The second-order valence-electron chi connectivity index (χ2n) is 5.26. The quantitative estimate of drug-likeness (QED) is 0.460. The molecular weight excluding hydrogens is 405 g/mol. The van der Waals surface area contributed by atoms with E-state index in [-0.39, 0.29) is 41.9 Å². The summed E-state index contributed by atoms with van der Waals surface area (Å²) in [6.07, 6.45) is 0. The van der Waals surface area contributed by atoms with Crippen molar-refractivity contribution in [1.29, 1.82) is 5.41 Å². The molecule has 2 aromatic rings.